The lowest BCUT2D eigenvalue weighted by Crippen LogP contribution is -2.36. The van der Waals surface area contributed by atoms with Crippen LogP contribution in [-0.4, -0.2) is 10.8 Å². The third kappa shape index (κ3) is 2.70. The summed E-state index contributed by atoms with van der Waals surface area (Å²) in [6.07, 6.45) is 0.665. The van der Waals surface area contributed by atoms with Gasteiger partial charge in [0.2, 0.25) is 0 Å². The number of ketones is 1. The van der Waals surface area contributed by atoms with Crippen LogP contribution < -0.4 is 0 Å². The summed E-state index contributed by atoms with van der Waals surface area (Å²) in [6, 6.07) is 18.7. The quantitative estimate of drug-likeness (QED) is 0.803. The van der Waals surface area contributed by atoms with E-state index < -0.39 is 0 Å². The largest absolute Gasteiger partial charge is 0.300 e. The van der Waals surface area contributed by atoms with Gasteiger partial charge in [-0.05, 0) is 11.1 Å². The Morgan fingerprint density at radius 1 is 0.810 bits per heavy atom. The molecule has 2 atom stereocenters. The molecule has 1 heterocycles. The van der Waals surface area contributed by atoms with Gasteiger partial charge in [0, 0.05) is 12.8 Å². The van der Waals surface area contributed by atoms with Gasteiger partial charge in [-0.1, -0.05) is 60.7 Å². The fraction of sp³-hybridized carbons (Fsp3) is 0.235. The molecule has 0 saturated carbocycles. The highest BCUT2D eigenvalue weighted by molar-refractivity contribution is 5.81. The summed E-state index contributed by atoms with van der Waals surface area (Å²) in [7, 11) is 0. The summed E-state index contributed by atoms with van der Waals surface area (Å²) in [5.41, 5.74) is 1.90. The molecule has 1 fully saturated rings. The standard InChI is InChI=1S/C17H16N2O2/c20-15-11-16(13-7-3-1-4-8-13)19(18-21)17(12-15)14-9-5-2-6-10-14/h1-10,16-17H,11-12H2. The molecule has 1 aliphatic heterocycles. The molecule has 2 aromatic carbocycles. The number of benzene rings is 2. The van der Waals surface area contributed by atoms with E-state index in [0.717, 1.165) is 11.1 Å². The van der Waals surface area contributed by atoms with E-state index in [0.29, 0.717) is 12.8 Å². The Bertz CT molecular complexity index is 576. The predicted octanol–water partition coefficient (Wildman–Crippen LogP) is 3.82. The number of carbonyl (C=O) groups excluding carboxylic acids is 1. The molecule has 0 spiro atoms. The zero-order chi connectivity index (χ0) is 14.7. The van der Waals surface area contributed by atoms with Crippen LogP contribution >= 0.6 is 0 Å². The third-order valence-electron chi connectivity index (χ3n) is 3.94. The van der Waals surface area contributed by atoms with Gasteiger partial charge in [-0.25, -0.2) is 5.01 Å². The Kier molecular flexibility index (Phi) is 3.77. The van der Waals surface area contributed by atoms with Crippen molar-refractivity contribution in [1.82, 2.24) is 5.01 Å². The lowest BCUT2D eigenvalue weighted by molar-refractivity contribution is -0.125. The summed E-state index contributed by atoms with van der Waals surface area (Å²) >= 11 is 0. The normalized spacial score (nSPS) is 22.1. The minimum Gasteiger partial charge on any atom is -0.300 e. The first kappa shape index (κ1) is 13.5. The average Bonchev–Trinajstić information content (AvgIpc) is 2.55. The van der Waals surface area contributed by atoms with E-state index in [2.05, 4.69) is 5.29 Å². The number of piperidine rings is 1. The van der Waals surface area contributed by atoms with Crippen molar-refractivity contribution in [3.8, 4) is 0 Å². The molecule has 21 heavy (non-hydrogen) atoms. The Balaban J connectivity index is 1.98. The highest BCUT2D eigenvalue weighted by Gasteiger charge is 2.36. The average molecular weight is 280 g/mol. The predicted molar refractivity (Wildman–Crippen MR) is 80.2 cm³/mol. The molecule has 0 bridgehead atoms. The van der Waals surface area contributed by atoms with Crippen LogP contribution in [0.2, 0.25) is 0 Å². The summed E-state index contributed by atoms with van der Waals surface area (Å²) < 4.78 is 0. The van der Waals surface area contributed by atoms with Crippen LogP contribution in [-0.2, 0) is 4.79 Å². The SMILES string of the molecule is O=NN1C(c2ccccc2)CC(=O)CC1c1ccccc1. The highest BCUT2D eigenvalue weighted by Crippen LogP contribution is 2.40. The van der Waals surface area contributed by atoms with E-state index in [4.69, 9.17) is 0 Å². The molecular formula is C17H16N2O2. The van der Waals surface area contributed by atoms with E-state index in [-0.39, 0.29) is 17.9 Å². The lowest BCUT2D eigenvalue weighted by atomic mass is 9.88. The zero-order valence-electron chi connectivity index (χ0n) is 11.6. The van der Waals surface area contributed by atoms with Gasteiger partial charge in [0.25, 0.3) is 0 Å². The minimum absolute atomic E-state index is 0.164. The Morgan fingerprint density at radius 3 is 1.62 bits per heavy atom. The van der Waals surface area contributed by atoms with Crippen molar-refractivity contribution in [1.29, 1.82) is 0 Å². The molecule has 4 heteroatoms. The second-order valence-electron chi connectivity index (χ2n) is 5.26. The smallest absolute Gasteiger partial charge is 0.137 e. The number of hydrogen-bond donors (Lipinski definition) is 0. The lowest BCUT2D eigenvalue weighted by Gasteiger charge is -2.37. The molecular weight excluding hydrogens is 264 g/mol. The maximum atomic E-state index is 12.1. The van der Waals surface area contributed by atoms with Crippen LogP contribution in [0.25, 0.3) is 0 Å². The van der Waals surface area contributed by atoms with Crippen molar-refractivity contribution < 1.29 is 4.79 Å². The summed E-state index contributed by atoms with van der Waals surface area (Å²) in [4.78, 5) is 23.5. The minimum atomic E-state index is -0.282. The number of carbonyl (C=O) groups is 1. The molecule has 0 N–H and O–H groups in total. The van der Waals surface area contributed by atoms with Crippen LogP contribution in [0.4, 0.5) is 0 Å². The van der Waals surface area contributed by atoms with E-state index in [1.54, 1.807) is 0 Å². The molecule has 0 aliphatic carbocycles. The Morgan fingerprint density at radius 2 is 1.24 bits per heavy atom. The van der Waals surface area contributed by atoms with E-state index in [1.807, 2.05) is 60.7 Å². The second kappa shape index (κ2) is 5.87. The van der Waals surface area contributed by atoms with Crippen molar-refractivity contribution >= 4 is 5.78 Å². The molecule has 0 amide bonds. The molecule has 0 aromatic heterocycles. The number of nitroso groups, excluding NO2 is 1. The summed E-state index contributed by atoms with van der Waals surface area (Å²) in [5, 5.41) is 4.76. The van der Waals surface area contributed by atoms with Crippen molar-refractivity contribution in [3.05, 3.63) is 76.7 Å². The number of rotatable bonds is 3. The van der Waals surface area contributed by atoms with E-state index in [1.165, 1.54) is 5.01 Å². The first-order chi connectivity index (χ1) is 10.3. The molecule has 1 aliphatic rings. The third-order valence-corrected chi connectivity index (χ3v) is 3.94. The van der Waals surface area contributed by atoms with Gasteiger partial charge in [-0.3, -0.25) is 4.79 Å². The molecule has 2 unspecified atom stereocenters. The fourth-order valence-electron chi connectivity index (χ4n) is 2.92. The molecule has 3 rings (SSSR count). The molecule has 2 aromatic rings. The maximum Gasteiger partial charge on any atom is 0.137 e. The second-order valence-corrected chi connectivity index (χ2v) is 5.26. The number of Topliss-reactive ketones (excluding diaryl/α,β-unsaturated/α-hetero) is 1. The summed E-state index contributed by atoms with van der Waals surface area (Å²) in [6.45, 7) is 0. The zero-order valence-corrected chi connectivity index (χ0v) is 11.6. The monoisotopic (exact) mass is 280 g/mol. The van der Waals surface area contributed by atoms with Gasteiger partial charge in [0.05, 0.1) is 17.4 Å². The van der Waals surface area contributed by atoms with Crippen LogP contribution in [0.15, 0.2) is 65.9 Å². The van der Waals surface area contributed by atoms with Crippen LogP contribution in [0.5, 0.6) is 0 Å². The molecule has 0 radical (unpaired) electrons. The Labute approximate surface area is 123 Å². The molecule has 4 nitrogen and oxygen atoms in total. The highest BCUT2D eigenvalue weighted by atomic mass is 16.3. The van der Waals surface area contributed by atoms with E-state index >= 15 is 0 Å². The van der Waals surface area contributed by atoms with Crippen LogP contribution in [0.3, 0.4) is 0 Å². The topological polar surface area (TPSA) is 49.7 Å². The molecule has 1 saturated heterocycles. The van der Waals surface area contributed by atoms with Gasteiger partial charge in [-0.2, -0.15) is 0 Å². The van der Waals surface area contributed by atoms with Crippen LogP contribution in [0.1, 0.15) is 36.1 Å². The van der Waals surface area contributed by atoms with Crippen molar-refractivity contribution in [2.45, 2.75) is 24.9 Å². The van der Waals surface area contributed by atoms with Crippen molar-refractivity contribution in [2.24, 2.45) is 5.29 Å². The van der Waals surface area contributed by atoms with Crippen molar-refractivity contribution in [3.63, 3.8) is 0 Å². The Hall–Kier alpha value is -2.49. The van der Waals surface area contributed by atoms with Gasteiger partial charge in [-0.15, -0.1) is 4.91 Å². The molecule has 106 valence electrons. The van der Waals surface area contributed by atoms with Gasteiger partial charge >= 0.3 is 0 Å². The van der Waals surface area contributed by atoms with Gasteiger partial charge in [0.1, 0.15) is 5.78 Å². The number of hydrogen-bond acceptors (Lipinski definition) is 3. The van der Waals surface area contributed by atoms with Crippen LogP contribution in [0, 0.1) is 4.91 Å². The van der Waals surface area contributed by atoms with Gasteiger partial charge in [0.15, 0.2) is 0 Å². The van der Waals surface area contributed by atoms with Gasteiger partial charge < -0.3 is 0 Å². The first-order valence-electron chi connectivity index (χ1n) is 7.03. The van der Waals surface area contributed by atoms with E-state index in [9.17, 15) is 9.70 Å². The first-order valence-corrected chi connectivity index (χ1v) is 7.03. The number of nitrogens with zero attached hydrogens (tertiary/aromatic N) is 2. The summed E-state index contributed by atoms with van der Waals surface area (Å²) in [5.74, 6) is 0.164. The fourth-order valence-corrected chi connectivity index (χ4v) is 2.92. The van der Waals surface area contributed by atoms with Crippen molar-refractivity contribution in [2.75, 3.05) is 0 Å². The maximum absolute atomic E-state index is 12.1.